The molecule has 2 aromatic rings. The number of benzene rings is 2. The summed E-state index contributed by atoms with van der Waals surface area (Å²) >= 11 is 0. The molecule has 2 rings (SSSR count). The highest BCUT2D eigenvalue weighted by atomic mass is 16.6. The maximum atomic E-state index is 12.2. The summed E-state index contributed by atoms with van der Waals surface area (Å²) in [5.74, 6) is 0.0726. The van der Waals surface area contributed by atoms with E-state index in [1.807, 2.05) is 25.1 Å². The van der Waals surface area contributed by atoms with Crippen LogP contribution >= 0.6 is 0 Å². The van der Waals surface area contributed by atoms with E-state index < -0.39 is 4.92 Å². The first-order valence-electron chi connectivity index (χ1n) is 7.71. The summed E-state index contributed by atoms with van der Waals surface area (Å²) < 4.78 is 0. The van der Waals surface area contributed by atoms with Crippen LogP contribution in [0, 0.1) is 17.0 Å². The van der Waals surface area contributed by atoms with Crippen molar-refractivity contribution in [3.05, 3.63) is 75.3 Å². The van der Waals surface area contributed by atoms with Crippen molar-refractivity contribution in [2.45, 2.75) is 26.7 Å². The van der Waals surface area contributed by atoms with Crippen molar-refractivity contribution in [1.82, 2.24) is 0 Å². The summed E-state index contributed by atoms with van der Waals surface area (Å²) in [5, 5.41) is 13.5. The number of aryl methyl sites for hydroxylation is 1. The van der Waals surface area contributed by atoms with Gasteiger partial charge in [-0.1, -0.05) is 32.0 Å². The number of anilines is 1. The monoisotopic (exact) mass is 324 g/mol. The van der Waals surface area contributed by atoms with E-state index in [1.165, 1.54) is 18.2 Å². The Bertz CT molecular complexity index is 778. The summed E-state index contributed by atoms with van der Waals surface area (Å²) in [6, 6.07) is 12.0. The predicted molar refractivity (Wildman–Crippen MR) is 96.0 cm³/mol. The van der Waals surface area contributed by atoms with E-state index in [1.54, 1.807) is 18.2 Å². The third kappa shape index (κ3) is 4.29. The van der Waals surface area contributed by atoms with Crippen molar-refractivity contribution in [2.24, 2.45) is 0 Å². The zero-order valence-corrected chi connectivity index (χ0v) is 13.9. The Morgan fingerprint density at radius 1 is 1.17 bits per heavy atom. The number of nitrogens with one attached hydrogen (secondary N) is 1. The molecule has 0 spiro atoms. The number of rotatable bonds is 5. The quantitative estimate of drug-likeness (QED) is 0.493. The summed E-state index contributed by atoms with van der Waals surface area (Å²) in [7, 11) is 0. The Morgan fingerprint density at radius 2 is 1.83 bits per heavy atom. The van der Waals surface area contributed by atoms with Crippen molar-refractivity contribution in [2.75, 3.05) is 5.32 Å². The standard InChI is InChI=1S/C19H20N2O3/c1-13(2)17-6-4-5-14(3)19(17)20-18(22)12-9-15-7-10-16(11-8-15)21(23)24/h4-13H,1-3H3,(H,20,22)/b12-9-. The molecule has 24 heavy (non-hydrogen) atoms. The van der Waals surface area contributed by atoms with Crippen LogP contribution in [0.5, 0.6) is 0 Å². The fraction of sp³-hybridized carbons (Fsp3) is 0.211. The molecule has 1 amide bonds. The van der Waals surface area contributed by atoms with Crippen molar-refractivity contribution in [1.29, 1.82) is 0 Å². The van der Waals surface area contributed by atoms with Gasteiger partial charge in [-0.3, -0.25) is 14.9 Å². The van der Waals surface area contributed by atoms with E-state index in [-0.39, 0.29) is 11.6 Å². The summed E-state index contributed by atoms with van der Waals surface area (Å²) in [5.41, 5.74) is 3.69. The molecule has 0 aliphatic rings. The van der Waals surface area contributed by atoms with Gasteiger partial charge in [0.25, 0.3) is 5.69 Å². The third-order valence-electron chi connectivity index (χ3n) is 3.71. The van der Waals surface area contributed by atoms with Gasteiger partial charge >= 0.3 is 0 Å². The van der Waals surface area contributed by atoms with Crippen LogP contribution in [0.15, 0.2) is 48.5 Å². The van der Waals surface area contributed by atoms with Gasteiger partial charge in [-0.15, -0.1) is 0 Å². The molecule has 0 unspecified atom stereocenters. The number of carbonyl (C=O) groups excluding carboxylic acids is 1. The largest absolute Gasteiger partial charge is 0.322 e. The van der Waals surface area contributed by atoms with E-state index in [2.05, 4.69) is 19.2 Å². The highest BCUT2D eigenvalue weighted by Gasteiger charge is 2.10. The Morgan fingerprint density at radius 3 is 2.42 bits per heavy atom. The molecule has 0 heterocycles. The molecular weight excluding hydrogens is 304 g/mol. The summed E-state index contributed by atoms with van der Waals surface area (Å²) in [6.45, 7) is 6.12. The molecular formula is C19H20N2O3. The topological polar surface area (TPSA) is 72.2 Å². The normalized spacial score (nSPS) is 11.0. The van der Waals surface area contributed by atoms with Gasteiger partial charge in [-0.2, -0.15) is 0 Å². The lowest BCUT2D eigenvalue weighted by molar-refractivity contribution is -0.384. The Kier molecular flexibility index (Phi) is 5.47. The molecule has 124 valence electrons. The second-order valence-corrected chi connectivity index (χ2v) is 5.87. The van der Waals surface area contributed by atoms with Gasteiger partial charge in [-0.05, 0) is 47.7 Å². The van der Waals surface area contributed by atoms with Gasteiger partial charge in [0.2, 0.25) is 5.91 Å². The number of para-hydroxylation sites is 1. The number of nitrogens with zero attached hydrogens (tertiary/aromatic N) is 1. The number of carbonyl (C=O) groups is 1. The first kappa shape index (κ1) is 17.4. The zero-order chi connectivity index (χ0) is 17.7. The summed E-state index contributed by atoms with van der Waals surface area (Å²) in [6.07, 6.45) is 3.06. The number of nitro groups is 1. The molecule has 0 aliphatic heterocycles. The SMILES string of the molecule is Cc1cccc(C(C)C)c1NC(=O)/C=C\c1ccc([N+](=O)[O-])cc1. The van der Waals surface area contributed by atoms with Crippen LogP contribution in [0.1, 0.15) is 36.5 Å². The molecule has 0 fully saturated rings. The van der Waals surface area contributed by atoms with E-state index in [4.69, 9.17) is 0 Å². The minimum atomic E-state index is -0.453. The highest BCUT2D eigenvalue weighted by Crippen LogP contribution is 2.27. The van der Waals surface area contributed by atoms with Crippen LogP contribution in [-0.4, -0.2) is 10.8 Å². The minimum Gasteiger partial charge on any atom is -0.322 e. The fourth-order valence-electron chi connectivity index (χ4n) is 2.39. The number of nitro benzene ring substituents is 1. The van der Waals surface area contributed by atoms with Gasteiger partial charge in [0, 0.05) is 23.9 Å². The number of hydrogen-bond acceptors (Lipinski definition) is 3. The highest BCUT2D eigenvalue weighted by molar-refractivity contribution is 6.02. The second kappa shape index (κ2) is 7.55. The first-order chi connectivity index (χ1) is 11.4. The molecule has 0 saturated heterocycles. The lowest BCUT2D eigenvalue weighted by atomic mass is 9.98. The van der Waals surface area contributed by atoms with Crippen molar-refractivity contribution in [3.63, 3.8) is 0 Å². The van der Waals surface area contributed by atoms with Crippen LogP contribution in [-0.2, 0) is 4.79 Å². The number of amides is 1. The van der Waals surface area contributed by atoms with Gasteiger partial charge in [0.15, 0.2) is 0 Å². The predicted octanol–water partition coefficient (Wildman–Crippen LogP) is 4.68. The van der Waals surface area contributed by atoms with Crippen molar-refractivity contribution >= 4 is 23.4 Å². The second-order valence-electron chi connectivity index (χ2n) is 5.87. The molecule has 2 aromatic carbocycles. The van der Waals surface area contributed by atoms with Crippen LogP contribution in [0.25, 0.3) is 6.08 Å². The van der Waals surface area contributed by atoms with Gasteiger partial charge in [0.1, 0.15) is 0 Å². The molecule has 0 bridgehead atoms. The lowest BCUT2D eigenvalue weighted by Crippen LogP contribution is -2.11. The fourth-order valence-corrected chi connectivity index (χ4v) is 2.39. The lowest BCUT2D eigenvalue weighted by Gasteiger charge is -2.15. The molecule has 5 nitrogen and oxygen atoms in total. The van der Waals surface area contributed by atoms with Crippen LogP contribution in [0.4, 0.5) is 11.4 Å². The number of hydrogen-bond donors (Lipinski definition) is 1. The zero-order valence-electron chi connectivity index (χ0n) is 13.9. The minimum absolute atomic E-state index is 0.0260. The van der Waals surface area contributed by atoms with E-state index >= 15 is 0 Å². The first-order valence-corrected chi connectivity index (χ1v) is 7.71. The molecule has 0 aliphatic carbocycles. The Balaban J connectivity index is 2.12. The Hall–Kier alpha value is -2.95. The van der Waals surface area contributed by atoms with Crippen LogP contribution < -0.4 is 5.32 Å². The van der Waals surface area contributed by atoms with Crippen molar-refractivity contribution in [3.8, 4) is 0 Å². The molecule has 5 heteroatoms. The molecule has 0 atom stereocenters. The molecule has 0 radical (unpaired) electrons. The maximum absolute atomic E-state index is 12.2. The van der Waals surface area contributed by atoms with E-state index in [0.717, 1.165) is 22.4 Å². The van der Waals surface area contributed by atoms with E-state index in [0.29, 0.717) is 5.92 Å². The third-order valence-corrected chi connectivity index (χ3v) is 3.71. The Labute approximate surface area is 141 Å². The summed E-state index contributed by atoms with van der Waals surface area (Å²) in [4.78, 5) is 22.4. The van der Waals surface area contributed by atoms with Gasteiger partial charge in [0.05, 0.1) is 4.92 Å². The molecule has 1 N–H and O–H groups in total. The molecule has 0 aromatic heterocycles. The van der Waals surface area contributed by atoms with Crippen LogP contribution in [0.3, 0.4) is 0 Å². The average molecular weight is 324 g/mol. The maximum Gasteiger partial charge on any atom is 0.269 e. The number of non-ortho nitro benzene ring substituents is 1. The van der Waals surface area contributed by atoms with E-state index in [9.17, 15) is 14.9 Å². The molecule has 0 saturated carbocycles. The van der Waals surface area contributed by atoms with Crippen molar-refractivity contribution < 1.29 is 9.72 Å². The van der Waals surface area contributed by atoms with Gasteiger partial charge in [-0.25, -0.2) is 0 Å². The van der Waals surface area contributed by atoms with Crippen LogP contribution in [0.2, 0.25) is 0 Å². The average Bonchev–Trinajstić information content (AvgIpc) is 2.55. The van der Waals surface area contributed by atoms with Gasteiger partial charge < -0.3 is 5.32 Å². The smallest absolute Gasteiger partial charge is 0.269 e.